The number of ether oxygens (including phenoxy) is 1. The third kappa shape index (κ3) is 7.05. The summed E-state index contributed by atoms with van der Waals surface area (Å²) in [5.41, 5.74) is 4.78. The van der Waals surface area contributed by atoms with Crippen LogP contribution in [0.1, 0.15) is 26.7 Å². The lowest BCUT2D eigenvalue weighted by atomic mass is 10.1. The van der Waals surface area contributed by atoms with E-state index >= 15 is 0 Å². The molecule has 0 aromatic heterocycles. The first-order chi connectivity index (χ1) is 5.52. The van der Waals surface area contributed by atoms with Gasteiger partial charge in [-0.3, -0.25) is 9.59 Å². The number of primary amides is 1. The molecule has 0 saturated heterocycles. The Hall–Kier alpha value is -1.06. The van der Waals surface area contributed by atoms with Crippen molar-refractivity contribution in [2.75, 3.05) is 6.61 Å². The van der Waals surface area contributed by atoms with E-state index < -0.39 is 5.91 Å². The van der Waals surface area contributed by atoms with Gasteiger partial charge in [0.05, 0.1) is 0 Å². The molecular weight excluding hydrogens is 158 g/mol. The van der Waals surface area contributed by atoms with E-state index in [4.69, 9.17) is 5.73 Å². The molecular formula is C8H15NO3. The molecule has 0 aromatic rings. The van der Waals surface area contributed by atoms with Crippen molar-refractivity contribution in [3.63, 3.8) is 0 Å². The predicted octanol–water partition coefficient (Wildman–Crippen LogP) is 0.451. The Morgan fingerprint density at radius 3 is 2.42 bits per heavy atom. The lowest BCUT2D eigenvalue weighted by Gasteiger charge is -2.03. The van der Waals surface area contributed by atoms with Gasteiger partial charge in [0.2, 0.25) is 0 Å². The van der Waals surface area contributed by atoms with Crippen molar-refractivity contribution in [1.29, 1.82) is 0 Å². The van der Waals surface area contributed by atoms with Crippen LogP contribution in [0.15, 0.2) is 0 Å². The molecule has 0 radical (unpaired) electrons. The fraction of sp³-hybridized carbons (Fsp3) is 0.750. The van der Waals surface area contributed by atoms with E-state index in [0.717, 1.165) is 6.42 Å². The lowest BCUT2D eigenvalue weighted by molar-refractivity contribution is -0.148. The second kappa shape index (κ2) is 5.57. The van der Waals surface area contributed by atoms with Crippen LogP contribution in [0.5, 0.6) is 0 Å². The Balaban J connectivity index is 3.40. The minimum absolute atomic E-state index is 0.309. The standard InChI is InChI=1S/C8H15NO3/c1-6(2)3-4-8(11)12-5-7(9)10/h6H,3-5H2,1-2H3,(H2,9,10). The highest BCUT2D eigenvalue weighted by Gasteiger charge is 2.05. The molecule has 0 heterocycles. The summed E-state index contributed by atoms with van der Waals surface area (Å²) in [5, 5.41) is 0. The predicted molar refractivity (Wildman–Crippen MR) is 44.2 cm³/mol. The molecule has 0 atom stereocenters. The largest absolute Gasteiger partial charge is 0.456 e. The summed E-state index contributed by atoms with van der Waals surface area (Å²) in [6.45, 7) is 3.72. The highest BCUT2D eigenvalue weighted by atomic mass is 16.5. The molecule has 0 rings (SSSR count). The van der Waals surface area contributed by atoms with E-state index in [1.807, 2.05) is 13.8 Å². The van der Waals surface area contributed by atoms with Crippen molar-refractivity contribution in [2.24, 2.45) is 11.7 Å². The Kier molecular flexibility index (Phi) is 5.08. The normalized spacial score (nSPS) is 9.92. The molecule has 4 nitrogen and oxygen atoms in total. The quantitative estimate of drug-likeness (QED) is 0.614. The van der Waals surface area contributed by atoms with Crippen molar-refractivity contribution in [3.8, 4) is 0 Å². The van der Waals surface area contributed by atoms with Crippen molar-refractivity contribution in [1.82, 2.24) is 0 Å². The zero-order valence-corrected chi connectivity index (χ0v) is 7.50. The van der Waals surface area contributed by atoms with Gasteiger partial charge in [-0.2, -0.15) is 0 Å². The maximum Gasteiger partial charge on any atom is 0.306 e. The molecule has 12 heavy (non-hydrogen) atoms. The minimum Gasteiger partial charge on any atom is -0.456 e. The van der Waals surface area contributed by atoms with Gasteiger partial charge in [-0.25, -0.2) is 0 Å². The average Bonchev–Trinajstić information content (AvgIpc) is 1.96. The summed E-state index contributed by atoms with van der Waals surface area (Å²) in [4.78, 5) is 21.0. The van der Waals surface area contributed by atoms with Crippen molar-refractivity contribution in [2.45, 2.75) is 26.7 Å². The minimum atomic E-state index is -0.618. The van der Waals surface area contributed by atoms with Crippen LogP contribution in [0, 0.1) is 5.92 Å². The zero-order chi connectivity index (χ0) is 9.56. The summed E-state index contributed by atoms with van der Waals surface area (Å²) >= 11 is 0. The molecule has 0 saturated carbocycles. The molecule has 0 spiro atoms. The number of amides is 1. The first-order valence-corrected chi connectivity index (χ1v) is 3.96. The van der Waals surface area contributed by atoms with Gasteiger partial charge >= 0.3 is 5.97 Å². The maximum atomic E-state index is 10.8. The van der Waals surface area contributed by atoms with E-state index in [9.17, 15) is 9.59 Å². The summed E-state index contributed by atoms with van der Waals surface area (Å²) in [6.07, 6.45) is 1.13. The average molecular weight is 173 g/mol. The van der Waals surface area contributed by atoms with Crippen molar-refractivity contribution >= 4 is 11.9 Å². The van der Waals surface area contributed by atoms with Gasteiger partial charge in [-0.05, 0) is 12.3 Å². The fourth-order valence-corrected chi connectivity index (χ4v) is 0.630. The SMILES string of the molecule is CC(C)CCC(=O)OCC(N)=O. The molecule has 0 unspecified atom stereocenters. The fourth-order valence-electron chi connectivity index (χ4n) is 0.630. The smallest absolute Gasteiger partial charge is 0.306 e. The summed E-state index contributed by atoms with van der Waals surface area (Å²) in [7, 11) is 0. The van der Waals surface area contributed by atoms with Gasteiger partial charge in [0.25, 0.3) is 5.91 Å². The Bertz CT molecular complexity index is 166. The Morgan fingerprint density at radius 1 is 1.42 bits per heavy atom. The number of hydrogen-bond acceptors (Lipinski definition) is 3. The molecule has 0 aliphatic heterocycles. The van der Waals surface area contributed by atoms with Gasteiger partial charge in [0, 0.05) is 6.42 Å². The lowest BCUT2D eigenvalue weighted by Crippen LogP contribution is -2.20. The van der Waals surface area contributed by atoms with Gasteiger partial charge in [-0.1, -0.05) is 13.8 Å². The number of carbonyl (C=O) groups excluding carboxylic acids is 2. The van der Waals surface area contributed by atoms with Gasteiger partial charge in [-0.15, -0.1) is 0 Å². The van der Waals surface area contributed by atoms with Crippen LogP contribution in [0.2, 0.25) is 0 Å². The van der Waals surface area contributed by atoms with Crippen LogP contribution in [0.4, 0.5) is 0 Å². The first-order valence-electron chi connectivity index (χ1n) is 3.96. The first kappa shape index (κ1) is 10.9. The monoisotopic (exact) mass is 173 g/mol. The van der Waals surface area contributed by atoms with E-state index in [1.165, 1.54) is 0 Å². The van der Waals surface area contributed by atoms with Crippen LogP contribution < -0.4 is 5.73 Å². The van der Waals surface area contributed by atoms with Crippen LogP contribution in [-0.2, 0) is 14.3 Å². The number of rotatable bonds is 5. The van der Waals surface area contributed by atoms with E-state index in [1.54, 1.807) is 0 Å². The van der Waals surface area contributed by atoms with Crippen LogP contribution >= 0.6 is 0 Å². The summed E-state index contributed by atoms with van der Waals surface area (Å²) in [6, 6.07) is 0. The molecule has 1 amide bonds. The number of esters is 1. The summed E-state index contributed by atoms with van der Waals surface area (Å²) in [5.74, 6) is -0.512. The molecule has 0 aliphatic carbocycles. The third-order valence-corrected chi connectivity index (χ3v) is 1.30. The van der Waals surface area contributed by atoms with Crippen LogP contribution in [0.3, 0.4) is 0 Å². The molecule has 0 aromatic carbocycles. The Morgan fingerprint density at radius 2 is 2.00 bits per heavy atom. The van der Waals surface area contributed by atoms with Gasteiger partial charge in [0.1, 0.15) is 0 Å². The van der Waals surface area contributed by atoms with Gasteiger partial charge in [0.15, 0.2) is 6.61 Å². The number of nitrogens with two attached hydrogens (primary N) is 1. The van der Waals surface area contributed by atoms with Crippen molar-refractivity contribution in [3.05, 3.63) is 0 Å². The van der Waals surface area contributed by atoms with Crippen LogP contribution in [0.25, 0.3) is 0 Å². The molecule has 0 aliphatic rings. The highest BCUT2D eigenvalue weighted by Crippen LogP contribution is 2.03. The molecule has 4 heteroatoms. The Labute approximate surface area is 72.1 Å². The van der Waals surface area contributed by atoms with E-state index in [0.29, 0.717) is 12.3 Å². The number of hydrogen-bond donors (Lipinski definition) is 1. The van der Waals surface area contributed by atoms with E-state index in [2.05, 4.69) is 4.74 Å². The zero-order valence-electron chi connectivity index (χ0n) is 7.50. The highest BCUT2D eigenvalue weighted by molar-refractivity contribution is 5.78. The van der Waals surface area contributed by atoms with Gasteiger partial charge < -0.3 is 10.5 Å². The maximum absolute atomic E-state index is 10.8. The molecule has 70 valence electrons. The second-order valence-corrected chi connectivity index (χ2v) is 3.06. The summed E-state index contributed by atoms with van der Waals surface area (Å²) < 4.78 is 4.54. The topological polar surface area (TPSA) is 69.4 Å². The number of carbonyl (C=O) groups is 2. The molecule has 0 fully saturated rings. The second-order valence-electron chi connectivity index (χ2n) is 3.06. The van der Waals surface area contributed by atoms with E-state index in [-0.39, 0.29) is 12.6 Å². The van der Waals surface area contributed by atoms with Crippen LogP contribution in [-0.4, -0.2) is 18.5 Å². The molecule has 0 bridgehead atoms. The molecule has 2 N–H and O–H groups in total. The van der Waals surface area contributed by atoms with Crippen molar-refractivity contribution < 1.29 is 14.3 Å². The third-order valence-electron chi connectivity index (χ3n) is 1.30.